The molecule has 0 aliphatic carbocycles. The summed E-state index contributed by atoms with van der Waals surface area (Å²) in [6.45, 7) is 8.25. The molecule has 2 heterocycles. The first kappa shape index (κ1) is 23.2. The molecule has 2 aliphatic rings. The molecule has 174 valence electrons. The second kappa shape index (κ2) is 11.3. The molecule has 5 nitrogen and oxygen atoms in total. The first-order chi connectivity index (χ1) is 15.6. The topological polar surface area (TPSA) is 38.8 Å². The van der Waals surface area contributed by atoms with Gasteiger partial charge < -0.3 is 15.1 Å². The van der Waals surface area contributed by atoms with E-state index >= 15 is 0 Å². The summed E-state index contributed by atoms with van der Waals surface area (Å²) in [5, 5.41) is 5.81. The number of nitrogens with one attached hydrogen (secondary N) is 1. The van der Waals surface area contributed by atoms with Crippen LogP contribution in [0.5, 0.6) is 0 Å². The second-order valence-corrected chi connectivity index (χ2v) is 10.1. The van der Waals surface area contributed by atoms with Gasteiger partial charge in [0.2, 0.25) is 5.91 Å². The molecule has 2 aromatic rings. The van der Waals surface area contributed by atoms with Gasteiger partial charge in [0.15, 0.2) is 0 Å². The molecule has 1 N–H and O–H groups in total. The van der Waals surface area contributed by atoms with Gasteiger partial charge in [-0.05, 0) is 87.7 Å². The van der Waals surface area contributed by atoms with E-state index in [1.54, 1.807) is 0 Å². The van der Waals surface area contributed by atoms with Crippen molar-refractivity contribution in [3.8, 4) is 0 Å². The zero-order valence-electron chi connectivity index (χ0n) is 19.9. The van der Waals surface area contributed by atoms with E-state index in [2.05, 4.69) is 76.6 Å². The maximum Gasteiger partial charge on any atom is 0.224 e. The Morgan fingerprint density at radius 3 is 2.59 bits per heavy atom. The van der Waals surface area contributed by atoms with Gasteiger partial charge in [-0.2, -0.15) is 0 Å². The standard InChI is InChI=1S/C27H40N4O/c1-29(2)13-7-12-28-27(32)26-17-23(19-30-14-5-6-15-30)20-31(21-26)18-22-10-11-24-8-3-4-9-25(24)16-22/h3-4,8-11,16,23,26H,5-7,12-15,17-21H2,1-2H3,(H,28,32)/t23-,26-/m1/s1. The van der Waals surface area contributed by atoms with E-state index in [0.717, 1.165) is 52.1 Å². The van der Waals surface area contributed by atoms with Crippen molar-refractivity contribution in [3.63, 3.8) is 0 Å². The SMILES string of the molecule is CN(C)CCCNC(=O)[C@@H]1C[C@H](CN2CCCC2)CN(Cc2ccc3ccccc3c2)C1. The van der Waals surface area contributed by atoms with Crippen LogP contribution in [0, 0.1) is 11.8 Å². The Kier molecular flexibility index (Phi) is 8.17. The van der Waals surface area contributed by atoms with Crippen LogP contribution in [-0.2, 0) is 11.3 Å². The molecule has 4 rings (SSSR count). The lowest BCUT2D eigenvalue weighted by Gasteiger charge is -2.38. The van der Waals surface area contributed by atoms with Crippen LogP contribution < -0.4 is 5.32 Å². The summed E-state index contributed by atoms with van der Waals surface area (Å²) in [7, 11) is 4.16. The lowest BCUT2D eigenvalue weighted by atomic mass is 9.87. The van der Waals surface area contributed by atoms with Crippen molar-refractivity contribution in [2.45, 2.75) is 32.2 Å². The molecular formula is C27H40N4O. The lowest BCUT2D eigenvalue weighted by Crippen LogP contribution is -2.48. The van der Waals surface area contributed by atoms with E-state index in [9.17, 15) is 4.79 Å². The Balaban J connectivity index is 1.40. The number of hydrogen-bond acceptors (Lipinski definition) is 4. The molecule has 0 saturated carbocycles. The van der Waals surface area contributed by atoms with Crippen LogP contribution in [0.4, 0.5) is 0 Å². The normalized spacial score (nSPS) is 22.6. The number of carbonyl (C=O) groups is 1. The predicted molar refractivity (Wildman–Crippen MR) is 133 cm³/mol. The van der Waals surface area contributed by atoms with Crippen LogP contribution in [-0.4, -0.2) is 80.5 Å². The zero-order chi connectivity index (χ0) is 22.3. The number of piperidine rings is 1. The van der Waals surface area contributed by atoms with Gasteiger partial charge in [-0.3, -0.25) is 9.69 Å². The molecule has 0 unspecified atom stereocenters. The van der Waals surface area contributed by atoms with Crippen LogP contribution >= 0.6 is 0 Å². The zero-order valence-corrected chi connectivity index (χ0v) is 19.9. The number of nitrogens with zero attached hydrogens (tertiary/aromatic N) is 3. The Morgan fingerprint density at radius 2 is 1.81 bits per heavy atom. The minimum Gasteiger partial charge on any atom is -0.356 e. The van der Waals surface area contributed by atoms with Gasteiger partial charge in [-0.25, -0.2) is 0 Å². The number of amides is 1. The van der Waals surface area contributed by atoms with Gasteiger partial charge in [0.25, 0.3) is 0 Å². The fourth-order valence-corrected chi connectivity index (χ4v) is 5.43. The third kappa shape index (κ3) is 6.53. The Morgan fingerprint density at radius 1 is 1.03 bits per heavy atom. The van der Waals surface area contributed by atoms with Crippen molar-refractivity contribution < 1.29 is 4.79 Å². The van der Waals surface area contributed by atoms with Crippen molar-refractivity contribution in [1.29, 1.82) is 0 Å². The molecule has 2 aromatic carbocycles. The molecule has 0 radical (unpaired) electrons. The first-order valence-electron chi connectivity index (χ1n) is 12.4. The summed E-state index contributed by atoms with van der Waals surface area (Å²) in [5.41, 5.74) is 1.34. The van der Waals surface area contributed by atoms with Crippen LogP contribution in [0.15, 0.2) is 42.5 Å². The largest absolute Gasteiger partial charge is 0.356 e. The molecule has 0 bridgehead atoms. The third-order valence-electron chi connectivity index (χ3n) is 7.00. The van der Waals surface area contributed by atoms with Crippen LogP contribution in [0.1, 0.15) is 31.2 Å². The molecule has 2 atom stereocenters. The van der Waals surface area contributed by atoms with E-state index in [0.29, 0.717) is 5.92 Å². The van der Waals surface area contributed by atoms with Gasteiger partial charge in [0.05, 0.1) is 5.92 Å². The van der Waals surface area contributed by atoms with E-state index in [-0.39, 0.29) is 11.8 Å². The molecule has 32 heavy (non-hydrogen) atoms. The van der Waals surface area contributed by atoms with Gasteiger partial charge in [-0.1, -0.05) is 36.4 Å². The van der Waals surface area contributed by atoms with Gasteiger partial charge in [-0.15, -0.1) is 0 Å². The lowest BCUT2D eigenvalue weighted by molar-refractivity contribution is -0.127. The Bertz CT molecular complexity index is 877. The highest BCUT2D eigenvalue weighted by Crippen LogP contribution is 2.26. The van der Waals surface area contributed by atoms with Crippen LogP contribution in [0.2, 0.25) is 0 Å². The van der Waals surface area contributed by atoms with Crippen LogP contribution in [0.25, 0.3) is 10.8 Å². The fourth-order valence-electron chi connectivity index (χ4n) is 5.43. The number of benzene rings is 2. The van der Waals surface area contributed by atoms with Crippen LogP contribution in [0.3, 0.4) is 0 Å². The summed E-state index contributed by atoms with van der Waals surface area (Å²) in [4.78, 5) is 20.3. The highest BCUT2D eigenvalue weighted by atomic mass is 16.1. The molecular weight excluding hydrogens is 396 g/mol. The summed E-state index contributed by atoms with van der Waals surface area (Å²) in [5.74, 6) is 0.911. The molecule has 0 spiro atoms. The molecule has 2 fully saturated rings. The quantitative estimate of drug-likeness (QED) is 0.611. The maximum absolute atomic E-state index is 13.0. The predicted octanol–water partition coefficient (Wildman–Crippen LogP) is 3.44. The molecule has 5 heteroatoms. The molecule has 2 saturated heterocycles. The van der Waals surface area contributed by atoms with E-state index < -0.39 is 0 Å². The average Bonchev–Trinajstić information content (AvgIpc) is 3.29. The summed E-state index contributed by atoms with van der Waals surface area (Å²) in [6.07, 6.45) is 4.67. The smallest absolute Gasteiger partial charge is 0.224 e. The highest BCUT2D eigenvalue weighted by molar-refractivity contribution is 5.83. The Hall–Kier alpha value is -1.95. The third-order valence-corrected chi connectivity index (χ3v) is 7.00. The monoisotopic (exact) mass is 436 g/mol. The van der Waals surface area contributed by atoms with Gasteiger partial charge >= 0.3 is 0 Å². The maximum atomic E-state index is 13.0. The Labute approximate surface area is 193 Å². The average molecular weight is 437 g/mol. The van der Waals surface area contributed by atoms with Crippen molar-refractivity contribution >= 4 is 16.7 Å². The number of likely N-dealkylation sites (tertiary alicyclic amines) is 2. The van der Waals surface area contributed by atoms with E-state index in [1.165, 1.54) is 42.3 Å². The fraction of sp³-hybridized carbons (Fsp3) is 0.593. The summed E-state index contributed by atoms with van der Waals surface area (Å²) < 4.78 is 0. The molecule has 2 aliphatic heterocycles. The van der Waals surface area contributed by atoms with Crippen molar-refractivity contribution in [1.82, 2.24) is 20.0 Å². The minimum atomic E-state index is 0.0937. The second-order valence-electron chi connectivity index (χ2n) is 10.1. The minimum absolute atomic E-state index is 0.0937. The first-order valence-corrected chi connectivity index (χ1v) is 12.4. The van der Waals surface area contributed by atoms with Gasteiger partial charge in [0.1, 0.15) is 0 Å². The van der Waals surface area contributed by atoms with Gasteiger partial charge in [0, 0.05) is 32.7 Å². The molecule has 0 aromatic heterocycles. The van der Waals surface area contributed by atoms with Crippen molar-refractivity contribution in [3.05, 3.63) is 48.0 Å². The number of carbonyl (C=O) groups excluding carboxylic acids is 1. The van der Waals surface area contributed by atoms with Crippen molar-refractivity contribution in [2.24, 2.45) is 11.8 Å². The highest BCUT2D eigenvalue weighted by Gasteiger charge is 2.32. The summed E-state index contributed by atoms with van der Waals surface area (Å²) in [6, 6.07) is 15.4. The molecule has 1 amide bonds. The van der Waals surface area contributed by atoms with E-state index in [4.69, 9.17) is 0 Å². The number of hydrogen-bond donors (Lipinski definition) is 1. The number of fused-ring (bicyclic) bond motifs is 1. The van der Waals surface area contributed by atoms with E-state index in [1.807, 2.05) is 0 Å². The van der Waals surface area contributed by atoms with Crippen molar-refractivity contribution in [2.75, 3.05) is 59.9 Å². The number of rotatable bonds is 9. The summed E-state index contributed by atoms with van der Waals surface area (Å²) >= 11 is 0.